The van der Waals surface area contributed by atoms with Crippen molar-refractivity contribution in [2.24, 2.45) is 23.7 Å². The Labute approximate surface area is 169 Å². The molecule has 0 heterocycles. The third kappa shape index (κ3) is 16.4. The number of nitrogens with one attached hydrogen (secondary N) is 4. The van der Waals surface area contributed by atoms with Gasteiger partial charge in [0.25, 0.3) is 0 Å². The van der Waals surface area contributed by atoms with Gasteiger partial charge in [0, 0.05) is 0 Å². The summed E-state index contributed by atoms with van der Waals surface area (Å²) < 4.78 is 31.6. The topological polar surface area (TPSA) is 170 Å². The molecule has 0 aliphatic heterocycles. The van der Waals surface area contributed by atoms with Gasteiger partial charge in [0.2, 0.25) is 0 Å². The third-order valence-corrected chi connectivity index (χ3v) is 4.94. The maximum Gasteiger partial charge on any atom is 2.00 e. The van der Waals surface area contributed by atoms with Crippen LogP contribution >= 0.6 is 0 Å². The van der Waals surface area contributed by atoms with E-state index in [-0.39, 0.29) is 17.1 Å². The van der Waals surface area contributed by atoms with Gasteiger partial charge < -0.3 is 22.9 Å². The van der Waals surface area contributed by atoms with Crippen molar-refractivity contribution >= 4 is 10.4 Å². The van der Waals surface area contributed by atoms with Gasteiger partial charge in [-0.25, -0.2) is 0 Å². The van der Waals surface area contributed by atoms with Crippen LogP contribution < -0.4 is 0 Å². The average Bonchev–Trinajstić information content (AvgIpc) is 2.60. The van der Waals surface area contributed by atoms with Crippen LogP contribution in [0.15, 0.2) is 0 Å². The first-order chi connectivity index (χ1) is 11.7. The molecule has 0 aromatic heterocycles. The summed E-state index contributed by atoms with van der Waals surface area (Å²) in [5.41, 5.74) is 28.8. The van der Waals surface area contributed by atoms with Crippen LogP contribution in [0.4, 0.5) is 0 Å². The van der Waals surface area contributed by atoms with Crippen LogP contribution in [-0.4, -0.2) is 43.7 Å². The number of hydrogen-bond donors (Lipinski definition) is 2. The molecule has 26 heavy (non-hydrogen) atoms. The molecule has 2 rings (SSSR count). The molecular weight excluding hydrogens is 408 g/mol. The summed E-state index contributed by atoms with van der Waals surface area (Å²) in [5, 5.41) is 0. The van der Waals surface area contributed by atoms with Crippen molar-refractivity contribution in [1.82, 2.24) is 0 Å². The van der Waals surface area contributed by atoms with Gasteiger partial charge in [-0.2, -0.15) is 8.42 Å². The van der Waals surface area contributed by atoms with Crippen LogP contribution in [0.2, 0.25) is 0 Å². The summed E-state index contributed by atoms with van der Waals surface area (Å²) >= 11 is 0. The second-order valence-corrected chi connectivity index (χ2v) is 7.96. The van der Waals surface area contributed by atoms with E-state index in [1.54, 1.807) is 0 Å². The SMILES string of the molecule is O=S(=O)(O)O.[Cu+2].[NH-]CC1CCCC(C[NH-])C1.[NH-]CC1CCCC(C[NH-])C1. The molecule has 0 bridgehead atoms. The largest absolute Gasteiger partial charge is 2.00 e. The van der Waals surface area contributed by atoms with Crippen molar-refractivity contribution in [2.75, 3.05) is 26.2 Å². The predicted octanol–water partition coefficient (Wildman–Crippen LogP) is 5.14. The molecule has 2 aliphatic rings. The zero-order valence-corrected chi connectivity index (χ0v) is 17.0. The summed E-state index contributed by atoms with van der Waals surface area (Å²) in [6.45, 7) is 2.32. The van der Waals surface area contributed by atoms with Gasteiger partial charge >= 0.3 is 27.5 Å². The molecule has 0 aromatic carbocycles. The first kappa shape index (κ1) is 28.4. The molecule has 6 N–H and O–H groups in total. The Morgan fingerprint density at radius 3 is 1.00 bits per heavy atom. The fourth-order valence-corrected chi connectivity index (χ4v) is 3.55. The molecule has 2 fully saturated rings. The molecule has 1 radical (unpaired) electrons. The van der Waals surface area contributed by atoms with Gasteiger partial charge in [-0.05, 0) is 0 Å². The maximum atomic E-state index is 8.74. The summed E-state index contributed by atoms with van der Waals surface area (Å²) in [4.78, 5) is 0. The van der Waals surface area contributed by atoms with E-state index < -0.39 is 10.4 Å². The second-order valence-electron chi connectivity index (χ2n) is 7.06. The fourth-order valence-electron chi connectivity index (χ4n) is 3.55. The van der Waals surface area contributed by atoms with Crippen molar-refractivity contribution in [3.05, 3.63) is 22.9 Å². The Morgan fingerprint density at radius 1 is 0.654 bits per heavy atom. The Balaban J connectivity index is 0. The molecular formula is C16H34CuN4O4S-2. The Kier molecular flexibility index (Phi) is 17.7. The molecule has 2 aliphatic carbocycles. The summed E-state index contributed by atoms with van der Waals surface area (Å²) in [6, 6.07) is 0. The Hall–Kier alpha value is 0.229. The number of hydrogen-bond acceptors (Lipinski definition) is 2. The van der Waals surface area contributed by atoms with E-state index in [1.165, 1.54) is 38.5 Å². The minimum atomic E-state index is -4.67. The van der Waals surface area contributed by atoms with E-state index in [9.17, 15) is 0 Å². The molecule has 10 heteroatoms. The molecule has 0 saturated heterocycles. The molecule has 4 unspecified atom stereocenters. The zero-order chi connectivity index (χ0) is 19.3. The monoisotopic (exact) mass is 441 g/mol. The smallest absolute Gasteiger partial charge is 0.677 e. The zero-order valence-electron chi connectivity index (χ0n) is 15.2. The Morgan fingerprint density at radius 2 is 0.846 bits per heavy atom. The van der Waals surface area contributed by atoms with Gasteiger partial charge in [-0.15, -0.1) is 26.2 Å². The molecule has 161 valence electrons. The minimum Gasteiger partial charge on any atom is -0.677 e. The van der Waals surface area contributed by atoms with E-state index in [0.717, 1.165) is 12.8 Å². The van der Waals surface area contributed by atoms with Crippen LogP contribution in [0.1, 0.15) is 51.4 Å². The quantitative estimate of drug-likeness (QED) is 0.454. The van der Waals surface area contributed by atoms with E-state index in [2.05, 4.69) is 0 Å². The van der Waals surface area contributed by atoms with Crippen LogP contribution in [-0.2, 0) is 27.5 Å². The van der Waals surface area contributed by atoms with Crippen LogP contribution in [0, 0.1) is 23.7 Å². The van der Waals surface area contributed by atoms with Crippen molar-refractivity contribution in [3.8, 4) is 0 Å². The van der Waals surface area contributed by atoms with E-state index in [4.69, 9.17) is 40.5 Å². The van der Waals surface area contributed by atoms with Crippen molar-refractivity contribution < 1.29 is 34.6 Å². The number of rotatable bonds is 4. The first-order valence-electron chi connectivity index (χ1n) is 9.01. The van der Waals surface area contributed by atoms with Gasteiger partial charge in [0.1, 0.15) is 0 Å². The molecule has 0 aromatic rings. The van der Waals surface area contributed by atoms with Crippen LogP contribution in [0.3, 0.4) is 0 Å². The molecule has 4 atom stereocenters. The minimum absolute atomic E-state index is 0. The van der Waals surface area contributed by atoms with Gasteiger partial charge in [0.05, 0.1) is 0 Å². The summed E-state index contributed by atoms with van der Waals surface area (Å²) in [5.74, 6) is 2.46. The van der Waals surface area contributed by atoms with E-state index in [1.807, 2.05) is 0 Å². The standard InChI is InChI=1S/2C8H16N2.Cu.H2O4S/c2*9-5-7-2-1-3-8(4-7)6-10;;1-5(2,3)4/h2*7-10H,1-6H2;;(H2,1,2,3,4)/q2*-2;+2;. The summed E-state index contributed by atoms with van der Waals surface area (Å²) in [6.07, 6.45) is 9.75. The third-order valence-electron chi connectivity index (χ3n) is 4.94. The van der Waals surface area contributed by atoms with Gasteiger partial charge in [-0.1, -0.05) is 75.0 Å². The van der Waals surface area contributed by atoms with Crippen LogP contribution in [0.25, 0.3) is 22.9 Å². The molecule has 2 saturated carbocycles. The van der Waals surface area contributed by atoms with Gasteiger partial charge in [-0.3, -0.25) is 9.11 Å². The molecule has 0 amide bonds. The van der Waals surface area contributed by atoms with E-state index in [0.29, 0.717) is 49.9 Å². The van der Waals surface area contributed by atoms with E-state index >= 15 is 0 Å². The first-order valence-corrected chi connectivity index (χ1v) is 10.4. The average molecular weight is 442 g/mol. The van der Waals surface area contributed by atoms with Crippen LogP contribution in [0.5, 0.6) is 0 Å². The Bertz CT molecular complexity index is 376. The van der Waals surface area contributed by atoms with Crippen molar-refractivity contribution in [2.45, 2.75) is 51.4 Å². The normalized spacial score (nSPS) is 28.5. The van der Waals surface area contributed by atoms with Crippen molar-refractivity contribution in [3.63, 3.8) is 0 Å². The summed E-state index contributed by atoms with van der Waals surface area (Å²) in [7, 11) is -4.67. The second kappa shape index (κ2) is 16.2. The predicted molar refractivity (Wildman–Crippen MR) is 102 cm³/mol. The molecule has 0 spiro atoms. The fraction of sp³-hybridized carbons (Fsp3) is 1.00. The van der Waals surface area contributed by atoms with Crippen molar-refractivity contribution in [1.29, 1.82) is 0 Å². The van der Waals surface area contributed by atoms with Gasteiger partial charge in [0.15, 0.2) is 0 Å². The maximum absolute atomic E-state index is 8.74. The molecule has 8 nitrogen and oxygen atoms in total.